The maximum atomic E-state index is 12.2. The number of fused-ring (bicyclic) bond motifs is 1. The molecule has 1 heterocycles. The number of unbranched alkanes of at least 4 members (excludes halogenated alkanes) is 1. The van der Waals surface area contributed by atoms with Gasteiger partial charge in [-0.15, -0.1) is 0 Å². The summed E-state index contributed by atoms with van der Waals surface area (Å²) in [6.07, 6.45) is 1.77. The maximum Gasteiger partial charge on any atom is 0.253 e. The molecule has 0 saturated carbocycles. The van der Waals surface area contributed by atoms with E-state index >= 15 is 0 Å². The number of aliphatic hydroxyl groups is 1. The van der Waals surface area contributed by atoms with Crippen LogP contribution in [0.3, 0.4) is 0 Å². The van der Waals surface area contributed by atoms with E-state index in [0.29, 0.717) is 31.6 Å². The first-order valence-corrected chi connectivity index (χ1v) is 8.53. The lowest BCUT2D eigenvalue weighted by Crippen LogP contribution is -2.44. The largest absolute Gasteiger partial charge is 0.489 e. The van der Waals surface area contributed by atoms with E-state index < -0.39 is 0 Å². The van der Waals surface area contributed by atoms with Gasteiger partial charge >= 0.3 is 0 Å². The fraction of sp³-hybridized carbons (Fsp3) is 0.556. The molecule has 1 aliphatic rings. The van der Waals surface area contributed by atoms with Crippen molar-refractivity contribution in [3.8, 4) is 5.75 Å². The van der Waals surface area contributed by atoms with Gasteiger partial charge in [-0.1, -0.05) is 0 Å². The lowest BCUT2D eigenvalue weighted by Gasteiger charge is -2.35. The summed E-state index contributed by atoms with van der Waals surface area (Å²) in [6.45, 7) is 1.13. The number of hydrogen-bond acceptors (Lipinski definition) is 5. The van der Waals surface area contributed by atoms with Gasteiger partial charge in [-0.2, -0.15) is 0 Å². The van der Waals surface area contributed by atoms with Gasteiger partial charge in [0.1, 0.15) is 12.4 Å². The van der Waals surface area contributed by atoms with Crippen LogP contribution in [0.1, 0.15) is 29.6 Å². The molecule has 1 aromatic rings. The second-order valence-electron chi connectivity index (χ2n) is 6.44. The topological polar surface area (TPSA) is 82.1 Å². The number of benzene rings is 1. The highest BCUT2D eigenvalue weighted by molar-refractivity contribution is 5.95. The summed E-state index contributed by atoms with van der Waals surface area (Å²) in [5.41, 5.74) is 1.41. The van der Waals surface area contributed by atoms with Crippen LogP contribution >= 0.6 is 0 Å². The van der Waals surface area contributed by atoms with Crippen molar-refractivity contribution in [2.24, 2.45) is 0 Å². The predicted octanol–water partition coefficient (Wildman–Crippen LogP) is 0.864. The van der Waals surface area contributed by atoms with E-state index in [1.54, 1.807) is 26.2 Å². The van der Waals surface area contributed by atoms with E-state index in [2.05, 4.69) is 5.32 Å². The van der Waals surface area contributed by atoms with Crippen LogP contribution in [-0.4, -0.2) is 68.8 Å². The Morgan fingerprint density at radius 2 is 2.12 bits per heavy atom. The number of nitrogens with zero attached hydrogens (tertiary/aromatic N) is 2. The Morgan fingerprint density at radius 1 is 1.36 bits per heavy atom. The number of likely N-dealkylation sites (N-methyl/N-ethyl adjacent to an activating group) is 1. The normalized spacial score (nSPS) is 16.0. The molecule has 0 fully saturated rings. The van der Waals surface area contributed by atoms with Crippen LogP contribution < -0.4 is 15.0 Å². The van der Waals surface area contributed by atoms with Gasteiger partial charge in [0.25, 0.3) is 5.91 Å². The number of rotatable bonds is 7. The monoisotopic (exact) mass is 349 g/mol. The second-order valence-corrected chi connectivity index (χ2v) is 6.44. The summed E-state index contributed by atoms with van der Waals surface area (Å²) in [5.74, 6) is 0.611. The molecule has 0 unspecified atom stereocenters. The number of ether oxygens (including phenoxy) is 1. The summed E-state index contributed by atoms with van der Waals surface area (Å²) in [4.78, 5) is 27.8. The molecule has 7 nitrogen and oxygen atoms in total. The number of carbonyl (C=O) groups excluding carboxylic acids is 2. The highest BCUT2D eigenvalue weighted by atomic mass is 16.5. The van der Waals surface area contributed by atoms with E-state index in [0.717, 1.165) is 17.9 Å². The van der Waals surface area contributed by atoms with E-state index in [1.807, 2.05) is 18.0 Å². The van der Waals surface area contributed by atoms with Gasteiger partial charge in [0.2, 0.25) is 5.91 Å². The first-order valence-electron chi connectivity index (χ1n) is 8.53. The molecule has 0 aromatic heterocycles. The molecule has 2 amide bonds. The van der Waals surface area contributed by atoms with Crippen molar-refractivity contribution >= 4 is 17.5 Å². The molecule has 7 heteroatoms. The molecule has 1 aromatic carbocycles. The van der Waals surface area contributed by atoms with Crippen LogP contribution in [0, 0.1) is 0 Å². The molecule has 138 valence electrons. The van der Waals surface area contributed by atoms with Crippen molar-refractivity contribution in [2.75, 3.05) is 45.8 Å². The van der Waals surface area contributed by atoms with Crippen molar-refractivity contribution in [1.29, 1.82) is 0 Å². The first kappa shape index (κ1) is 19.1. The van der Waals surface area contributed by atoms with E-state index in [4.69, 9.17) is 9.84 Å². The third-order valence-corrected chi connectivity index (χ3v) is 4.30. The van der Waals surface area contributed by atoms with Crippen molar-refractivity contribution in [2.45, 2.75) is 25.3 Å². The third kappa shape index (κ3) is 4.85. The van der Waals surface area contributed by atoms with E-state index in [-0.39, 0.29) is 24.5 Å². The lowest BCUT2D eigenvalue weighted by atomic mass is 10.1. The van der Waals surface area contributed by atoms with Crippen molar-refractivity contribution in [3.63, 3.8) is 0 Å². The van der Waals surface area contributed by atoms with E-state index in [1.165, 1.54) is 4.90 Å². The van der Waals surface area contributed by atoms with Crippen LogP contribution in [-0.2, 0) is 4.79 Å². The molecule has 0 aliphatic carbocycles. The predicted molar refractivity (Wildman–Crippen MR) is 96.1 cm³/mol. The van der Waals surface area contributed by atoms with Gasteiger partial charge < -0.3 is 25.0 Å². The third-order valence-electron chi connectivity index (χ3n) is 4.30. The zero-order chi connectivity index (χ0) is 18.4. The Kier molecular flexibility index (Phi) is 6.64. The Morgan fingerprint density at radius 3 is 2.80 bits per heavy atom. The Balaban J connectivity index is 2.01. The van der Waals surface area contributed by atoms with Crippen molar-refractivity contribution in [1.82, 2.24) is 10.2 Å². The lowest BCUT2D eigenvalue weighted by molar-refractivity contribution is -0.121. The summed E-state index contributed by atoms with van der Waals surface area (Å²) in [7, 11) is 5.34. The minimum absolute atomic E-state index is 0.0395. The smallest absolute Gasteiger partial charge is 0.253 e. The summed E-state index contributed by atoms with van der Waals surface area (Å²) >= 11 is 0. The maximum absolute atomic E-state index is 12.2. The highest BCUT2D eigenvalue weighted by Crippen LogP contribution is 2.34. The molecular formula is C18H27N3O4. The molecule has 0 radical (unpaired) electrons. The SMILES string of the molecule is CN(C)C(=O)c1ccc2c(c1)N(C)[C@@H](CC(=O)NCCCCO)CO2. The Hall–Kier alpha value is -2.28. The van der Waals surface area contributed by atoms with Gasteiger partial charge in [0.15, 0.2) is 0 Å². The standard InChI is InChI=1S/C18H27N3O4/c1-20(2)18(24)13-6-7-16-15(10-13)21(3)14(12-25-16)11-17(23)19-8-4-5-9-22/h6-7,10,14,22H,4-5,8-9,11-12H2,1-3H3,(H,19,23)/t14-/m0/s1. The van der Waals surface area contributed by atoms with E-state index in [9.17, 15) is 9.59 Å². The molecule has 0 saturated heterocycles. The zero-order valence-corrected chi connectivity index (χ0v) is 15.1. The number of hydrogen-bond donors (Lipinski definition) is 2. The summed E-state index contributed by atoms with van der Waals surface area (Å²) in [6, 6.07) is 5.27. The van der Waals surface area contributed by atoms with Gasteiger partial charge in [-0.05, 0) is 31.0 Å². The molecule has 2 N–H and O–H groups in total. The van der Waals surface area contributed by atoms with Gasteiger partial charge in [0.05, 0.1) is 18.2 Å². The van der Waals surface area contributed by atoms with Gasteiger partial charge in [0, 0.05) is 39.9 Å². The number of aliphatic hydroxyl groups excluding tert-OH is 1. The number of nitrogens with one attached hydrogen (secondary N) is 1. The molecule has 1 aliphatic heterocycles. The summed E-state index contributed by atoms with van der Waals surface area (Å²) in [5, 5.41) is 11.6. The van der Waals surface area contributed by atoms with Crippen LogP contribution in [0.2, 0.25) is 0 Å². The van der Waals surface area contributed by atoms with Crippen molar-refractivity contribution in [3.05, 3.63) is 23.8 Å². The average Bonchev–Trinajstić information content (AvgIpc) is 2.60. The molecule has 1 atom stereocenters. The molecular weight excluding hydrogens is 322 g/mol. The first-order chi connectivity index (χ1) is 11.9. The fourth-order valence-electron chi connectivity index (χ4n) is 2.75. The fourth-order valence-corrected chi connectivity index (χ4v) is 2.75. The van der Waals surface area contributed by atoms with Crippen LogP contribution in [0.4, 0.5) is 5.69 Å². The van der Waals surface area contributed by atoms with Crippen molar-refractivity contribution < 1.29 is 19.4 Å². The minimum Gasteiger partial charge on any atom is -0.489 e. The van der Waals surface area contributed by atoms with Crippen LogP contribution in [0.15, 0.2) is 18.2 Å². The molecule has 0 spiro atoms. The molecule has 2 rings (SSSR count). The minimum atomic E-state index is -0.0879. The molecule has 25 heavy (non-hydrogen) atoms. The average molecular weight is 349 g/mol. The number of amides is 2. The van der Waals surface area contributed by atoms with Gasteiger partial charge in [-0.3, -0.25) is 9.59 Å². The number of carbonyl (C=O) groups is 2. The molecule has 0 bridgehead atoms. The zero-order valence-electron chi connectivity index (χ0n) is 15.1. The quantitative estimate of drug-likeness (QED) is 0.714. The van der Waals surface area contributed by atoms with Gasteiger partial charge in [-0.25, -0.2) is 0 Å². The second kappa shape index (κ2) is 8.71. The Bertz CT molecular complexity index is 618. The number of anilines is 1. The highest BCUT2D eigenvalue weighted by Gasteiger charge is 2.27. The Labute approximate surface area is 148 Å². The van der Waals surface area contributed by atoms with Crippen LogP contribution in [0.5, 0.6) is 5.75 Å². The van der Waals surface area contributed by atoms with Crippen LogP contribution in [0.25, 0.3) is 0 Å². The summed E-state index contributed by atoms with van der Waals surface area (Å²) < 4.78 is 5.77.